The summed E-state index contributed by atoms with van der Waals surface area (Å²) in [4.78, 5) is 28.6. The normalized spacial score (nSPS) is 25.5. The zero-order valence-electron chi connectivity index (χ0n) is 31.6. The minimum atomic E-state index is -2.17. The van der Waals surface area contributed by atoms with Gasteiger partial charge in [-0.3, -0.25) is 9.59 Å². The number of rotatable bonds is 7. The van der Waals surface area contributed by atoms with Gasteiger partial charge in [-0.15, -0.1) is 0 Å². The molecule has 2 aliphatic rings. The van der Waals surface area contributed by atoms with Crippen LogP contribution in [0.15, 0.2) is 79.1 Å². The van der Waals surface area contributed by atoms with E-state index < -0.39 is 146 Å². The first-order valence-electron chi connectivity index (χ1n) is 18.6. The van der Waals surface area contributed by atoms with Gasteiger partial charge in [0.2, 0.25) is 0 Å². The summed E-state index contributed by atoms with van der Waals surface area (Å²) in [6.45, 7) is -1.54. The van der Waals surface area contributed by atoms with Crippen LogP contribution in [0.1, 0.15) is 23.3 Å². The molecule has 2 aliphatic heterocycles. The molecule has 19 heteroatoms. The minimum Gasteiger partial charge on any atom is -0.508 e. The number of phenolic OH excluding ortho intramolecular Hbond substituents is 5. The second kappa shape index (κ2) is 15.6. The van der Waals surface area contributed by atoms with E-state index in [9.17, 15) is 70.9 Å². The molecule has 0 amide bonds. The molecule has 0 aliphatic carbocycles. The Balaban J connectivity index is 1.57. The average molecular weight is 847 g/mol. The molecule has 320 valence electrons. The van der Waals surface area contributed by atoms with Gasteiger partial charge in [-0.1, -0.05) is 0 Å². The second-order valence-electron chi connectivity index (χ2n) is 14.7. The first-order valence-corrected chi connectivity index (χ1v) is 18.6. The molecule has 61 heavy (non-hydrogen) atoms. The number of hydrogen-bond acceptors (Lipinski definition) is 19. The van der Waals surface area contributed by atoms with E-state index in [2.05, 4.69) is 0 Å². The van der Waals surface area contributed by atoms with Crippen molar-refractivity contribution in [3.8, 4) is 68.3 Å². The van der Waals surface area contributed by atoms with E-state index in [4.69, 9.17) is 23.0 Å². The second-order valence-corrected chi connectivity index (χ2v) is 14.7. The molecule has 2 saturated heterocycles. The number of phenols is 5. The van der Waals surface area contributed by atoms with Crippen molar-refractivity contribution in [2.75, 3.05) is 20.3 Å². The molecule has 19 nitrogen and oxygen atoms in total. The zero-order valence-corrected chi connectivity index (χ0v) is 31.6. The molecule has 0 unspecified atom stereocenters. The van der Waals surface area contributed by atoms with Crippen LogP contribution in [0.25, 0.3) is 55.7 Å². The molecule has 0 bridgehead atoms. The monoisotopic (exact) mass is 846 g/mol. The zero-order chi connectivity index (χ0) is 43.8. The molecule has 12 N–H and O–H groups in total. The van der Waals surface area contributed by atoms with Crippen LogP contribution in [0.5, 0.6) is 34.5 Å². The Morgan fingerprint density at radius 1 is 0.607 bits per heavy atom. The van der Waals surface area contributed by atoms with E-state index in [0.717, 1.165) is 19.2 Å². The van der Waals surface area contributed by atoms with Crippen molar-refractivity contribution in [1.29, 1.82) is 0 Å². The summed E-state index contributed by atoms with van der Waals surface area (Å²) >= 11 is 0. The molecule has 2 aromatic heterocycles. The summed E-state index contributed by atoms with van der Waals surface area (Å²) < 4.78 is 29.6. The van der Waals surface area contributed by atoms with Crippen LogP contribution in [-0.2, 0) is 9.47 Å². The van der Waals surface area contributed by atoms with Crippen LogP contribution < -0.4 is 15.6 Å². The molecule has 8 rings (SSSR count). The van der Waals surface area contributed by atoms with Crippen molar-refractivity contribution in [2.24, 2.45) is 0 Å². The maximum Gasteiger partial charge on any atom is 0.197 e. The molecule has 9 atom stereocenters. The van der Waals surface area contributed by atoms with Gasteiger partial charge >= 0.3 is 0 Å². The maximum atomic E-state index is 14.4. The average Bonchev–Trinajstić information content (AvgIpc) is 3.23. The Bertz CT molecular complexity index is 2780. The summed E-state index contributed by atoms with van der Waals surface area (Å²) in [5, 5.41) is 131. The predicted octanol–water partition coefficient (Wildman–Crippen LogP) is 1.11. The SMILES string of the molecule is COc1c([C@@H]2OC[C@@H](O)[C@H](O)[C@H]2O)c(O)c(-c2c(O)c([C@H]3O[C@H](CO)[C@@H](O)[C@H](O)[C@H]3O)c(O)c3c(=O)cc(-c4ccc(O)cc4)oc23)c2oc(-c3ccc(O)cc3)cc(=O)c12. The highest BCUT2D eigenvalue weighted by atomic mass is 16.5. The molecule has 4 aromatic carbocycles. The molecule has 0 saturated carbocycles. The topological polar surface area (TPSA) is 331 Å². The quantitative estimate of drug-likeness (QED) is 0.107. The highest BCUT2D eigenvalue weighted by molar-refractivity contribution is 6.10. The van der Waals surface area contributed by atoms with Gasteiger partial charge in [-0.25, -0.2) is 0 Å². The largest absolute Gasteiger partial charge is 0.508 e. The molecule has 6 aromatic rings. The molecule has 4 heterocycles. The van der Waals surface area contributed by atoms with Gasteiger partial charge in [-0.05, 0) is 48.5 Å². The third-order valence-electron chi connectivity index (χ3n) is 11.0. The lowest BCUT2D eigenvalue weighted by molar-refractivity contribution is -0.232. The van der Waals surface area contributed by atoms with E-state index in [1.54, 1.807) is 0 Å². The molecule has 0 spiro atoms. The van der Waals surface area contributed by atoms with Gasteiger partial charge in [0.1, 0.15) is 112 Å². The van der Waals surface area contributed by atoms with Gasteiger partial charge in [0, 0.05) is 23.3 Å². The Morgan fingerprint density at radius 2 is 1.10 bits per heavy atom. The highest BCUT2D eigenvalue weighted by Crippen LogP contribution is 2.57. The lowest BCUT2D eigenvalue weighted by Gasteiger charge is -2.40. The minimum absolute atomic E-state index is 0.143. The van der Waals surface area contributed by atoms with Gasteiger partial charge in [-0.2, -0.15) is 0 Å². The smallest absolute Gasteiger partial charge is 0.197 e. The van der Waals surface area contributed by atoms with E-state index in [1.165, 1.54) is 48.5 Å². The van der Waals surface area contributed by atoms with Crippen LogP contribution >= 0.6 is 0 Å². The Kier molecular flexibility index (Phi) is 10.6. The van der Waals surface area contributed by atoms with E-state index >= 15 is 0 Å². The van der Waals surface area contributed by atoms with Crippen LogP contribution in [0, 0.1) is 0 Å². The third kappa shape index (κ3) is 6.68. The standard InChI is InChI=1S/C42H38O19/c1-57-38-25-19(47)11-22(15-4-8-17(45)9-5-15)60-40(25)27(34(53)29(38)41-36(55)30(49)20(48)13-58-41)26-33(52)28(42-37(56)35(54)31(50)23(12-43)61-42)32(51)24-18(46)10-21(59-39(24)26)14-2-6-16(44)7-3-14/h2-11,20,23,30-31,35-37,41-45,48-56H,12-13H2,1H3/t20-,23-,30+,31-,35+,36-,37-,41+,42-/m1/s1. The first kappa shape index (κ1) is 41.5. The fourth-order valence-electron chi connectivity index (χ4n) is 7.90. The number of ether oxygens (including phenoxy) is 3. The van der Waals surface area contributed by atoms with Crippen molar-refractivity contribution in [2.45, 2.75) is 54.9 Å². The van der Waals surface area contributed by atoms with Gasteiger partial charge in [0.05, 0.1) is 42.6 Å². The molecular formula is C42H38O19. The van der Waals surface area contributed by atoms with Gasteiger partial charge in [0.15, 0.2) is 22.0 Å². The predicted molar refractivity (Wildman–Crippen MR) is 209 cm³/mol. The number of aromatic hydroxyl groups is 5. The summed E-state index contributed by atoms with van der Waals surface area (Å²) in [5.74, 6) is -4.44. The van der Waals surface area contributed by atoms with Crippen molar-refractivity contribution >= 4 is 21.9 Å². The summed E-state index contributed by atoms with van der Waals surface area (Å²) in [6, 6.07) is 12.6. The third-order valence-corrected chi connectivity index (χ3v) is 11.0. The van der Waals surface area contributed by atoms with Crippen molar-refractivity contribution in [1.82, 2.24) is 0 Å². The maximum absolute atomic E-state index is 14.4. The Hall–Kier alpha value is -6.26. The number of aliphatic hydroxyl groups excluding tert-OH is 7. The summed E-state index contributed by atoms with van der Waals surface area (Å²) in [6.07, 6.45) is -17.1. The van der Waals surface area contributed by atoms with Crippen molar-refractivity contribution < 1.29 is 84.3 Å². The number of benzene rings is 4. The Morgan fingerprint density at radius 3 is 1.62 bits per heavy atom. The van der Waals surface area contributed by atoms with E-state index in [-0.39, 0.29) is 34.1 Å². The number of fused-ring (bicyclic) bond motifs is 2. The summed E-state index contributed by atoms with van der Waals surface area (Å²) in [7, 11) is 1.10. The lowest BCUT2D eigenvalue weighted by Crippen LogP contribution is -2.55. The molecule has 2 fully saturated rings. The fourth-order valence-corrected chi connectivity index (χ4v) is 7.90. The van der Waals surface area contributed by atoms with Crippen LogP contribution in [0.3, 0.4) is 0 Å². The lowest BCUT2D eigenvalue weighted by atomic mass is 9.85. The number of aliphatic hydroxyl groups is 7. The van der Waals surface area contributed by atoms with Crippen molar-refractivity contribution in [3.63, 3.8) is 0 Å². The molecular weight excluding hydrogens is 808 g/mol. The van der Waals surface area contributed by atoms with Gasteiger partial charge in [0.25, 0.3) is 0 Å². The molecule has 0 radical (unpaired) electrons. The number of methoxy groups -OCH3 is 1. The fraction of sp³-hybridized carbons (Fsp3) is 0.286. The first-order chi connectivity index (χ1) is 29.1. The number of hydrogen-bond donors (Lipinski definition) is 12. The van der Waals surface area contributed by atoms with Crippen molar-refractivity contribution in [3.05, 3.63) is 92.2 Å². The van der Waals surface area contributed by atoms with Crippen LogP contribution in [0.4, 0.5) is 0 Å². The van der Waals surface area contributed by atoms with E-state index in [1.807, 2.05) is 0 Å². The summed E-state index contributed by atoms with van der Waals surface area (Å²) in [5.41, 5.74) is -5.64. The van der Waals surface area contributed by atoms with Crippen LogP contribution in [-0.4, -0.2) is 124 Å². The Labute approximate surface area is 341 Å². The van der Waals surface area contributed by atoms with Crippen LogP contribution in [0.2, 0.25) is 0 Å². The van der Waals surface area contributed by atoms with E-state index in [0.29, 0.717) is 0 Å². The highest BCUT2D eigenvalue weighted by Gasteiger charge is 2.48. The van der Waals surface area contributed by atoms with Gasteiger partial charge < -0.3 is 84.3 Å².